The molecule has 1 rings (SSSR count). The maximum atomic E-state index is 12.7. The van der Waals surface area contributed by atoms with Crippen LogP contribution in [0, 0.1) is 0 Å². The van der Waals surface area contributed by atoms with Crippen molar-refractivity contribution >= 4 is 15.9 Å². The molecule has 0 aliphatic heterocycles. The van der Waals surface area contributed by atoms with Gasteiger partial charge in [-0.15, -0.1) is 0 Å². The number of rotatable bonds is 5. The first-order valence-corrected chi connectivity index (χ1v) is 5.44. The highest BCUT2D eigenvalue weighted by Gasteiger charge is 2.41. The molecule has 0 heterocycles. The van der Waals surface area contributed by atoms with Crippen molar-refractivity contribution in [3.63, 3.8) is 0 Å². The minimum Gasteiger partial charge on any atom is -0.487 e. The fourth-order valence-electron chi connectivity index (χ4n) is 1.11. The molecule has 0 saturated heterocycles. The van der Waals surface area contributed by atoms with Crippen LogP contribution in [0.2, 0.25) is 0 Å². The van der Waals surface area contributed by atoms with Gasteiger partial charge in [0.25, 0.3) is 0 Å². The fourth-order valence-corrected chi connectivity index (χ4v) is 1.62. The summed E-state index contributed by atoms with van der Waals surface area (Å²) in [5.41, 5.74) is 5.86. The van der Waals surface area contributed by atoms with Gasteiger partial charge in [0, 0.05) is 16.6 Å². The van der Waals surface area contributed by atoms with Crippen LogP contribution in [0.5, 0.6) is 5.75 Å². The average molecular weight is 316 g/mol. The van der Waals surface area contributed by atoms with Gasteiger partial charge in [-0.3, -0.25) is 0 Å². The Morgan fingerprint density at radius 3 is 2.53 bits per heavy atom. The van der Waals surface area contributed by atoms with E-state index in [1.807, 2.05) is 0 Å². The van der Waals surface area contributed by atoms with E-state index in [0.717, 1.165) is 0 Å². The second-order valence-corrected chi connectivity index (χ2v) is 4.13. The van der Waals surface area contributed by atoms with Crippen LogP contribution < -0.4 is 10.5 Å². The Hall–Kier alpha value is -0.820. The molecule has 0 spiro atoms. The zero-order chi connectivity index (χ0) is 13.1. The molecule has 7 heteroatoms. The fraction of sp³-hybridized carbons (Fsp3) is 0.400. The summed E-state index contributed by atoms with van der Waals surface area (Å²) in [6.45, 7) is -1.33. The van der Waals surface area contributed by atoms with E-state index in [-0.39, 0.29) is 12.3 Å². The number of nitrogens with two attached hydrogens (primary N) is 1. The van der Waals surface area contributed by atoms with Crippen molar-refractivity contribution in [1.29, 1.82) is 0 Å². The average Bonchev–Trinajstić information content (AvgIpc) is 2.26. The molecule has 2 N–H and O–H groups in total. The maximum absolute atomic E-state index is 12.7. The SMILES string of the molecule is NCc1c(Br)cccc1OCC(F)(F)C(F)F. The molecule has 0 unspecified atom stereocenters. The van der Waals surface area contributed by atoms with Gasteiger partial charge in [-0.25, -0.2) is 8.78 Å². The Bertz CT molecular complexity index is 387. The molecule has 0 atom stereocenters. The topological polar surface area (TPSA) is 35.2 Å². The summed E-state index contributed by atoms with van der Waals surface area (Å²) in [5, 5.41) is 0. The lowest BCUT2D eigenvalue weighted by molar-refractivity contribution is -0.148. The molecule has 0 bridgehead atoms. The van der Waals surface area contributed by atoms with Gasteiger partial charge in [-0.2, -0.15) is 8.78 Å². The van der Waals surface area contributed by atoms with Crippen molar-refractivity contribution < 1.29 is 22.3 Å². The van der Waals surface area contributed by atoms with Gasteiger partial charge in [0.2, 0.25) is 0 Å². The first-order chi connectivity index (χ1) is 7.88. The standard InChI is InChI=1S/C10H10BrF4NO/c11-7-2-1-3-8(6(7)4-16)17-5-10(14,15)9(12)13/h1-3,9H,4-5,16H2. The Morgan fingerprint density at radius 1 is 1.35 bits per heavy atom. The molecule has 0 aliphatic rings. The van der Waals surface area contributed by atoms with Crippen LogP contribution in [0.4, 0.5) is 17.6 Å². The third kappa shape index (κ3) is 3.57. The van der Waals surface area contributed by atoms with Gasteiger partial charge in [0.15, 0.2) is 6.61 Å². The first-order valence-electron chi connectivity index (χ1n) is 4.64. The van der Waals surface area contributed by atoms with E-state index in [1.54, 1.807) is 12.1 Å². The Kier molecular flexibility index (Phi) is 4.76. The van der Waals surface area contributed by atoms with Crippen LogP contribution in [-0.4, -0.2) is 19.0 Å². The monoisotopic (exact) mass is 315 g/mol. The van der Waals surface area contributed by atoms with E-state index in [2.05, 4.69) is 15.9 Å². The molecule has 17 heavy (non-hydrogen) atoms. The van der Waals surface area contributed by atoms with Crippen LogP contribution in [0.25, 0.3) is 0 Å². The lowest BCUT2D eigenvalue weighted by Crippen LogP contribution is -2.34. The van der Waals surface area contributed by atoms with Gasteiger partial charge < -0.3 is 10.5 Å². The molecular weight excluding hydrogens is 306 g/mol. The molecule has 0 amide bonds. The second-order valence-electron chi connectivity index (χ2n) is 3.27. The van der Waals surface area contributed by atoms with Gasteiger partial charge in [0.1, 0.15) is 5.75 Å². The summed E-state index contributed by atoms with van der Waals surface area (Å²) < 4.78 is 54.4. The summed E-state index contributed by atoms with van der Waals surface area (Å²) in [5.74, 6) is -4.10. The molecule has 2 nitrogen and oxygen atoms in total. The summed E-state index contributed by atoms with van der Waals surface area (Å²) in [4.78, 5) is 0. The van der Waals surface area contributed by atoms with Crippen molar-refractivity contribution in [1.82, 2.24) is 0 Å². The number of benzene rings is 1. The zero-order valence-electron chi connectivity index (χ0n) is 8.60. The minimum absolute atomic E-state index is 0.0526. The molecule has 0 fully saturated rings. The Morgan fingerprint density at radius 2 is 2.00 bits per heavy atom. The molecule has 0 saturated carbocycles. The lowest BCUT2D eigenvalue weighted by atomic mass is 10.2. The largest absolute Gasteiger partial charge is 0.487 e. The normalized spacial score (nSPS) is 11.9. The van der Waals surface area contributed by atoms with Gasteiger partial charge >= 0.3 is 12.3 Å². The number of hydrogen-bond acceptors (Lipinski definition) is 2. The van der Waals surface area contributed by atoms with Gasteiger partial charge in [0.05, 0.1) is 0 Å². The van der Waals surface area contributed by atoms with Crippen molar-refractivity contribution in [3.05, 3.63) is 28.2 Å². The Labute approximate surface area is 104 Å². The summed E-state index contributed by atoms with van der Waals surface area (Å²) in [7, 11) is 0. The smallest absolute Gasteiger partial charge is 0.340 e. The molecular formula is C10H10BrF4NO. The molecule has 0 aliphatic carbocycles. The molecule has 1 aromatic rings. The van der Waals surface area contributed by atoms with Crippen molar-refractivity contribution in [2.75, 3.05) is 6.61 Å². The zero-order valence-corrected chi connectivity index (χ0v) is 10.2. The maximum Gasteiger partial charge on any atom is 0.340 e. The number of halogens is 5. The number of hydrogen-bond donors (Lipinski definition) is 1. The van der Waals surface area contributed by atoms with E-state index >= 15 is 0 Å². The van der Waals surface area contributed by atoms with Gasteiger partial charge in [-0.05, 0) is 12.1 Å². The van der Waals surface area contributed by atoms with Crippen LogP contribution in [0.3, 0.4) is 0 Å². The summed E-state index contributed by atoms with van der Waals surface area (Å²) >= 11 is 3.16. The lowest BCUT2D eigenvalue weighted by Gasteiger charge is -2.17. The predicted molar refractivity (Wildman–Crippen MR) is 58.5 cm³/mol. The Balaban J connectivity index is 2.79. The van der Waals surface area contributed by atoms with E-state index in [1.165, 1.54) is 6.07 Å². The van der Waals surface area contributed by atoms with Crippen LogP contribution >= 0.6 is 15.9 Å². The van der Waals surface area contributed by atoms with E-state index in [0.29, 0.717) is 10.0 Å². The van der Waals surface area contributed by atoms with Crippen LogP contribution in [0.15, 0.2) is 22.7 Å². The van der Waals surface area contributed by atoms with E-state index in [9.17, 15) is 17.6 Å². The highest BCUT2D eigenvalue weighted by Crippen LogP contribution is 2.29. The van der Waals surface area contributed by atoms with E-state index < -0.39 is 19.0 Å². The van der Waals surface area contributed by atoms with Crippen molar-refractivity contribution in [2.24, 2.45) is 5.73 Å². The third-order valence-electron chi connectivity index (χ3n) is 2.02. The van der Waals surface area contributed by atoms with Gasteiger partial charge in [-0.1, -0.05) is 22.0 Å². The number of ether oxygens (including phenoxy) is 1. The second kappa shape index (κ2) is 5.68. The third-order valence-corrected chi connectivity index (χ3v) is 2.76. The van der Waals surface area contributed by atoms with Crippen LogP contribution in [-0.2, 0) is 6.54 Å². The van der Waals surface area contributed by atoms with Crippen molar-refractivity contribution in [2.45, 2.75) is 18.9 Å². The van der Waals surface area contributed by atoms with E-state index in [4.69, 9.17) is 10.5 Å². The quantitative estimate of drug-likeness (QED) is 0.847. The minimum atomic E-state index is -4.17. The summed E-state index contributed by atoms with van der Waals surface area (Å²) in [6, 6.07) is 4.59. The molecule has 0 radical (unpaired) electrons. The molecule has 1 aromatic carbocycles. The summed E-state index contributed by atoms with van der Waals surface area (Å²) in [6.07, 6.45) is -3.75. The highest BCUT2D eigenvalue weighted by molar-refractivity contribution is 9.10. The predicted octanol–water partition coefficient (Wildman–Crippen LogP) is 3.19. The molecule has 96 valence electrons. The van der Waals surface area contributed by atoms with Crippen LogP contribution in [0.1, 0.15) is 5.56 Å². The molecule has 0 aromatic heterocycles. The van der Waals surface area contributed by atoms with Crippen molar-refractivity contribution in [3.8, 4) is 5.75 Å². The number of alkyl halides is 4. The first kappa shape index (κ1) is 14.2. The highest BCUT2D eigenvalue weighted by atomic mass is 79.9.